The second-order valence-electron chi connectivity index (χ2n) is 3.32. The van der Waals surface area contributed by atoms with Gasteiger partial charge in [-0.1, -0.05) is 6.07 Å². The molecule has 0 spiro atoms. The van der Waals surface area contributed by atoms with Crippen molar-refractivity contribution in [3.8, 4) is 0 Å². The monoisotopic (exact) mass is 181 g/mol. The van der Waals surface area contributed by atoms with Gasteiger partial charge in [-0.3, -0.25) is 4.98 Å². The Bertz CT molecular complexity index is 246. The summed E-state index contributed by atoms with van der Waals surface area (Å²) in [6, 6.07) is 5.44. The van der Waals surface area contributed by atoms with Crippen molar-refractivity contribution in [3.63, 3.8) is 0 Å². The number of aromatic nitrogens is 1. The molecule has 1 unspecified atom stereocenters. The average molecular weight is 181 g/mol. The number of nitrogens with zero attached hydrogens (tertiary/aromatic N) is 1. The molecule has 0 aromatic carbocycles. The van der Waals surface area contributed by atoms with Crippen molar-refractivity contribution in [1.29, 1.82) is 0 Å². The molecule has 72 valence electrons. The van der Waals surface area contributed by atoms with Gasteiger partial charge >= 0.3 is 0 Å². The minimum Gasteiger partial charge on any atom is -0.396 e. The quantitative estimate of drug-likeness (QED) is 0.730. The third-order valence-electron chi connectivity index (χ3n) is 2.04. The lowest BCUT2D eigenvalue weighted by Crippen LogP contribution is -2.22. The second kappa shape index (κ2) is 4.35. The van der Waals surface area contributed by atoms with Crippen molar-refractivity contribution in [2.24, 2.45) is 0 Å². The second-order valence-corrected chi connectivity index (χ2v) is 3.32. The summed E-state index contributed by atoms with van der Waals surface area (Å²) in [6.45, 7) is 1.81. The molecule has 1 heterocycles. The van der Waals surface area contributed by atoms with E-state index >= 15 is 0 Å². The van der Waals surface area contributed by atoms with Crippen LogP contribution in [0.4, 0.5) is 0 Å². The van der Waals surface area contributed by atoms with Crippen LogP contribution in [0.5, 0.6) is 0 Å². The maximum atomic E-state index is 9.94. The Kier molecular flexibility index (Phi) is 3.39. The zero-order valence-corrected chi connectivity index (χ0v) is 7.77. The fourth-order valence-corrected chi connectivity index (χ4v) is 1.23. The van der Waals surface area contributed by atoms with Crippen molar-refractivity contribution in [1.82, 2.24) is 4.98 Å². The number of rotatable bonds is 4. The molecular formula is C10H15NO2. The first kappa shape index (κ1) is 10.2. The number of aliphatic hydroxyl groups excluding tert-OH is 1. The lowest BCUT2D eigenvalue weighted by Gasteiger charge is -2.21. The number of pyridine rings is 1. The van der Waals surface area contributed by atoms with Gasteiger partial charge in [0.2, 0.25) is 0 Å². The minimum atomic E-state index is -0.927. The fourth-order valence-electron chi connectivity index (χ4n) is 1.23. The van der Waals surface area contributed by atoms with Crippen molar-refractivity contribution >= 4 is 0 Å². The predicted octanol–water partition coefficient (Wildman–Crippen LogP) is 1.06. The summed E-state index contributed by atoms with van der Waals surface area (Å²) in [5.74, 6) is 0. The highest BCUT2D eigenvalue weighted by molar-refractivity contribution is 5.11. The largest absolute Gasteiger partial charge is 0.396 e. The van der Waals surface area contributed by atoms with Gasteiger partial charge in [-0.25, -0.2) is 0 Å². The predicted molar refractivity (Wildman–Crippen MR) is 50.1 cm³/mol. The van der Waals surface area contributed by atoms with E-state index in [0.29, 0.717) is 18.5 Å². The molecule has 1 aromatic heterocycles. The van der Waals surface area contributed by atoms with Crippen LogP contribution in [0.2, 0.25) is 0 Å². The molecule has 0 fully saturated rings. The first-order valence-electron chi connectivity index (χ1n) is 4.41. The van der Waals surface area contributed by atoms with E-state index in [1.54, 1.807) is 19.2 Å². The molecule has 0 radical (unpaired) electrons. The third kappa shape index (κ3) is 2.79. The van der Waals surface area contributed by atoms with Crippen molar-refractivity contribution in [2.75, 3.05) is 6.61 Å². The molecule has 0 bridgehead atoms. The van der Waals surface area contributed by atoms with Gasteiger partial charge in [0.1, 0.15) is 5.60 Å². The van der Waals surface area contributed by atoms with Gasteiger partial charge in [-0.15, -0.1) is 0 Å². The first-order valence-corrected chi connectivity index (χ1v) is 4.41. The van der Waals surface area contributed by atoms with Gasteiger partial charge in [0, 0.05) is 12.8 Å². The highest BCUT2D eigenvalue weighted by Crippen LogP contribution is 2.23. The lowest BCUT2D eigenvalue weighted by molar-refractivity contribution is 0.0361. The average Bonchev–Trinajstić information content (AvgIpc) is 2.16. The maximum absolute atomic E-state index is 9.94. The zero-order chi connectivity index (χ0) is 9.73. The van der Waals surface area contributed by atoms with Gasteiger partial charge in [0.25, 0.3) is 0 Å². The number of hydrogen-bond acceptors (Lipinski definition) is 3. The molecule has 0 aliphatic rings. The first-order chi connectivity index (χ1) is 6.17. The summed E-state index contributed by atoms with van der Waals surface area (Å²) in [7, 11) is 0. The van der Waals surface area contributed by atoms with Gasteiger partial charge in [0.15, 0.2) is 0 Å². The lowest BCUT2D eigenvalue weighted by atomic mass is 9.96. The van der Waals surface area contributed by atoms with Crippen molar-refractivity contribution in [2.45, 2.75) is 25.4 Å². The van der Waals surface area contributed by atoms with Crippen LogP contribution in [0, 0.1) is 0 Å². The van der Waals surface area contributed by atoms with Gasteiger partial charge in [-0.2, -0.15) is 0 Å². The van der Waals surface area contributed by atoms with Crippen LogP contribution >= 0.6 is 0 Å². The Morgan fingerprint density at radius 2 is 2.23 bits per heavy atom. The normalized spacial score (nSPS) is 15.3. The maximum Gasteiger partial charge on any atom is 0.104 e. The molecule has 3 nitrogen and oxygen atoms in total. The fraction of sp³-hybridized carbons (Fsp3) is 0.500. The van der Waals surface area contributed by atoms with Crippen LogP contribution < -0.4 is 0 Å². The molecule has 0 saturated heterocycles. The van der Waals surface area contributed by atoms with Gasteiger partial charge < -0.3 is 10.2 Å². The standard InChI is InChI=1S/C10H15NO2/c1-10(13,6-4-8-12)9-5-2-3-7-11-9/h2-3,5,7,12-13H,4,6,8H2,1H3. The zero-order valence-electron chi connectivity index (χ0n) is 7.77. The summed E-state index contributed by atoms with van der Waals surface area (Å²) in [6.07, 6.45) is 2.77. The van der Waals surface area contributed by atoms with Crippen LogP contribution in [-0.4, -0.2) is 21.8 Å². The highest BCUT2D eigenvalue weighted by Gasteiger charge is 2.23. The van der Waals surface area contributed by atoms with Crippen LogP contribution in [0.1, 0.15) is 25.5 Å². The van der Waals surface area contributed by atoms with E-state index in [1.165, 1.54) is 0 Å². The smallest absolute Gasteiger partial charge is 0.104 e. The molecule has 0 aliphatic carbocycles. The number of hydrogen-bond donors (Lipinski definition) is 2. The summed E-state index contributed by atoms with van der Waals surface area (Å²) in [5.41, 5.74) is -0.271. The van der Waals surface area contributed by atoms with E-state index in [9.17, 15) is 5.11 Å². The van der Waals surface area contributed by atoms with Gasteiger partial charge in [-0.05, 0) is 31.9 Å². The molecule has 0 aliphatic heterocycles. The molecule has 0 amide bonds. The third-order valence-corrected chi connectivity index (χ3v) is 2.04. The molecule has 1 rings (SSSR count). The molecule has 1 atom stereocenters. The SMILES string of the molecule is CC(O)(CCCO)c1ccccn1. The number of aliphatic hydroxyl groups is 2. The van der Waals surface area contributed by atoms with E-state index < -0.39 is 5.60 Å². The molecule has 13 heavy (non-hydrogen) atoms. The molecule has 0 saturated carbocycles. The summed E-state index contributed by atoms with van der Waals surface area (Å²) < 4.78 is 0. The van der Waals surface area contributed by atoms with E-state index in [1.807, 2.05) is 12.1 Å². The summed E-state index contributed by atoms with van der Waals surface area (Å²) in [4.78, 5) is 4.07. The summed E-state index contributed by atoms with van der Waals surface area (Å²) in [5, 5.41) is 18.6. The Labute approximate surface area is 78.1 Å². The minimum absolute atomic E-state index is 0.100. The molecule has 1 aromatic rings. The van der Waals surface area contributed by atoms with Crippen LogP contribution in [0.3, 0.4) is 0 Å². The molecule has 3 heteroatoms. The van der Waals surface area contributed by atoms with Gasteiger partial charge in [0.05, 0.1) is 5.69 Å². The Morgan fingerprint density at radius 1 is 1.46 bits per heavy atom. The van der Waals surface area contributed by atoms with Crippen LogP contribution in [0.25, 0.3) is 0 Å². The van der Waals surface area contributed by atoms with Crippen molar-refractivity contribution in [3.05, 3.63) is 30.1 Å². The van der Waals surface area contributed by atoms with E-state index in [4.69, 9.17) is 5.11 Å². The van der Waals surface area contributed by atoms with Crippen LogP contribution in [0.15, 0.2) is 24.4 Å². The van der Waals surface area contributed by atoms with Crippen LogP contribution in [-0.2, 0) is 5.60 Å². The highest BCUT2D eigenvalue weighted by atomic mass is 16.3. The van der Waals surface area contributed by atoms with E-state index in [2.05, 4.69) is 4.98 Å². The Balaban J connectivity index is 2.69. The van der Waals surface area contributed by atoms with Crippen molar-refractivity contribution < 1.29 is 10.2 Å². The van der Waals surface area contributed by atoms with E-state index in [0.717, 1.165) is 0 Å². The molecular weight excluding hydrogens is 166 g/mol. The van der Waals surface area contributed by atoms with E-state index in [-0.39, 0.29) is 6.61 Å². The topological polar surface area (TPSA) is 53.4 Å². The Hall–Kier alpha value is -0.930. The molecule has 2 N–H and O–H groups in total. The Morgan fingerprint density at radius 3 is 2.77 bits per heavy atom. The summed E-state index contributed by atoms with van der Waals surface area (Å²) >= 11 is 0.